The second-order valence-electron chi connectivity index (χ2n) is 4.78. The van der Waals surface area contributed by atoms with Gasteiger partial charge >= 0.3 is 0 Å². The largest absolute Gasteiger partial charge is 0.411 e. The Morgan fingerprint density at radius 3 is 2.75 bits per heavy atom. The van der Waals surface area contributed by atoms with Crippen molar-refractivity contribution in [3.8, 4) is 0 Å². The third kappa shape index (κ3) is 3.16. The third-order valence-electron chi connectivity index (χ3n) is 3.11. The molecule has 1 aromatic rings. The molecule has 7 heteroatoms. The molecule has 1 N–H and O–H groups in total. The summed E-state index contributed by atoms with van der Waals surface area (Å²) in [4.78, 5) is 13.6. The molecule has 1 aliphatic heterocycles. The highest BCUT2D eigenvalue weighted by Gasteiger charge is 2.26. The fourth-order valence-corrected chi connectivity index (χ4v) is 2.88. The lowest BCUT2D eigenvalue weighted by atomic mass is 10.1. The number of para-hydroxylation sites is 1. The van der Waals surface area contributed by atoms with Gasteiger partial charge in [-0.05, 0) is 18.9 Å². The number of rotatable bonds is 2. The predicted octanol–water partition coefficient (Wildman–Crippen LogP) is 1.04. The van der Waals surface area contributed by atoms with Gasteiger partial charge in [0.25, 0.3) is 0 Å². The van der Waals surface area contributed by atoms with E-state index in [0.29, 0.717) is 36.3 Å². The van der Waals surface area contributed by atoms with Crippen molar-refractivity contribution in [2.45, 2.75) is 12.8 Å². The molecule has 0 bridgehead atoms. The number of hydrogen-bond acceptors (Lipinski definition) is 5. The molecule has 0 aromatic heterocycles. The smallest absolute Gasteiger partial charge is 0.242 e. The number of sulfone groups is 1. The number of amides is 1. The minimum atomic E-state index is -3.38. The van der Waals surface area contributed by atoms with Crippen LogP contribution in [-0.2, 0) is 14.6 Å². The van der Waals surface area contributed by atoms with Crippen LogP contribution in [0.15, 0.2) is 29.4 Å². The molecule has 1 amide bonds. The molecule has 0 saturated heterocycles. The van der Waals surface area contributed by atoms with Gasteiger partial charge in [-0.3, -0.25) is 4.79 Å². The average Bonchev–Trinajstić information content (AvgIpc) is 2.55. The Morgan fingerprint density at radius 2 is 2.10 bits per heavy atom. The summed E-state index contributed by atoms with van der Waals surface area (Å²) in [5.74, 6) is -0.980. The van der Waals surface area contributed by atoms with Crippen LogP contribution in [-0.4, -0.2) is 43.8 Å². The Labute approximate surface area is 117 Å². The van der Waals surface area contributed by atoms with Crippen molar-refractivity contribution in [2.75, 3.05) is 23.5 Å². The van der Waals surface area contributed by atoms with Crippen LogP contribution in [0.2, 0.25) is 0 Å². The Kier molecular flexibility index (Phi) is 4.08. The Balaban J connectivity index is 2.42. The molecule has 0 aliphatic carbocycles. The zero-order chi connectivity index (χ0) is 14.8. The van der Waals surface area contributed by atoms with Crippen LogP contribution >= 0.6 is 0 Å². The molecule has 2 rings (SSSR count). The molecule has 6 nitrogen and oxygen atoms in total. The highest BCUT2D eigenvalue weighted by Crippen LogP contribution is 2.26. The zero-order valence-electron chi connectivity index (χ0n) is 11.1. The van der Waals surface area contributed by atoms with Crippen LogP contribution in [0, 0.1) is 0 Å². The van der Waals surface area contributed by atoms with Crippen LogP contribution in [0.5, 0.6) is 0 Å². The first-order valence-corrected chi connectivity index (χ1v) is 8.27. The van der Waals surface area contributed by atoms with Gasteiger partial charge in [0.05, 0.1) is 11.4 Å². The number of anilines is 1. The summed E-state index contributed by atoms with van der Waals surface area (Å²) in [5, 5.41) is 12.3. The highest BCUT2D eigenvalue weighted by atomic mass is 32.2. The van der Waals surface area contributed by atoms with E-state index in [1.165, 1.54) is 4.90 Å². The number of nitrogens with zero attached hydrogens (tertiary/aromatic N) is 2. The highest BCUT2D eigenvalue weighted by molar-refractivity contribution is 7.91. The lowest BCUT2D eigenvalue weighted by molar-refractivity contribution is -0.116. The van der Waals surface area contributed by atoms with Gasteiger partial charge in [0, 0.05) is 18.4 Å². The maximum atomic E-state index is 12.2. The van der Waals surface area contributed by atoms with Gasteiger partial charge in [0.1, 0.15) is 5.75 Å². The van der Waals surface area contributed by atoms with Crippen LogP contribution < -0.4 is 4.90 Å². The fourth-order valence-electron chi connectivity index (χ4n) is 2.28. The van der Waals surface area contributed by atoms with Gasteiger partial charge in [0.2, 0.25) is 5.91 Å². The monoisotopic (exact) mass is 296 g/mol. The van der Waals surface area contributed by atoms with Crippen molar-refractivity contribution in [2.24, 2.45) is 5.16 Å². The molecule has 0 saturated carbocycles. The zero-order valence-corrected chi connectivity index (χ0v) is 11.9. The summed E-state index contributed by atoms with van der Waals surface area (Å²) >= 11 is 0. The molecule has 20 heavy (non-hydrogen) atoms. The van der Waals surface area contributed by atoms with Crippen molar-refractivity contribution < 1.29 is 18.4 Å². The van der Waals surface area contributed by atoms with Crippen molar-refractivity contribution in [3.63, 3.8) is 0 Å². The first-order valence-electron chi connectivity index (χ1n) is 6.21. The topological polar surface area (TPSA) is 87.0 Å². The van der Waals surface area contributed by atoms with E-state index in [2.05, 4.69) is 5.16 Å². The first kappa shape index (κ1) is 14.5. The fraction of sp³-hybridized carbons (Fsp3) is 0.385. The summed E-state index contributed by atoms with van der Waals surface area (Å²) in [6, 6.07) is 7.04. The SMILES string of the molecule is CS(=O)(=O)CC(=O)N1CCC/C(=N/O)c2ccccc21. The molecule has 0 fully saturated rings. The van der Waals surface area contributed by atoms with Gasteiger partial charge in [0.15, 0.2) is 9.84 Å². The third-order valence-corrected chi connectivity index (χ3v) is 3.88. The van der Waals surface area contributed by atoms with E-state index in [-0.39, 0.29) is 0 Å². The van der Waals surface area contributed by atoms with Gasteiger partial charge in [-0.25, -0.2) is 8.42 Å². The van der Waals surface area contributed by atoms with Crippen molar-refractivity contribution >= 4 is 27.1 Å². The second kappa shape index (κ2) is 5.62. The van der Waals surface area contributed by atoms with Gasteiger partial charge in [-0.1, -0.05) is 23.4 Å². The molecular formula is C13H16N2O4S. The van der Waals surface area contributed by atoms with Crippen molar-refractivity contribution in [1.29, 1.82) is 0 Å². The minimum absolute atomic E-state index is 0.407. The van der Waals surface area contributed by atoms with E-state index >= 15 is 0 Å². The second-order valence-corrected chi connectivity index (χ2v) is 6.92. The normalized spacial score (nSPS) is 17.6. The van der Waals surface area contributed by atoms with E-state index in [4.69, 9.17) is 5.21 Å². The van der Waals surface area contributed by atoms with Crippen LogP contribution in [0.3, 0.4) is 0 Å². The van der Waals surface area contributed by atoms with Gasteiger partial charge < -0.3 is 10.1 Å². The maximum Gasteiger partial charge on any atom is 0.242 e. The van der Waals surface area contributed by atoms with E-state index in [0.717, 1.165) is 6.26 Å². The number of fused-ring (bicyclic) bond motifs is 1. The number of hydrogen-bond donors (Lipinski definition) is 1. The molecule has 0 radical (unpaired) electrons. The minimum Gasteiger partial charge on any atom is -0.411 e. The van der Waals surface area contributed by atoms with E-state index in [9.17, 15) is 13.2 Å². The summed E-state index contributed by atoms with van der Waals surface area (Å²) in [7, 11) is -3.38. The molecule has 0 unspecified atom stereocenters. The standard InChI is InChI=1S/C13H16N2O4S/c1-20(18,19)9-13(16)15-8-4-6-11(14-17)10-5-2-3-7-12(10)15/h2-3,5,7,17H,4,6,8-9H2,1H3/b14-11-. The lowest BCUT2D eigenvalue weighted by Gasteiger charge is -2.22. The number of oxime groups is 1. The van der Waals surface area contributed by atoms with Gasteiger partial charge in [-0.2, -0.15) is 0 Å². The van der Waals surface area contributed by atoms with Crippen molar-refractivity contribution in [3.05, 3.63) is 29.8 Å². The summed E-state index contributed by atoms with van der Waals surface area (Å²) in [5.41, 5.74) is 1.76. The predicted molar refractivity (Wildman–Crippen MR) is 76.1 cm³/mol. The summed E-state index contributed by atoms with van der Waals surface area (Å²) in [6.45, 7) is 0.407. The van der Waals surface area contributed by atoms with E-state index in [1.54, 1.807) is 24.3 Å². The van der Waals surface area contributed by atoms with Crippen molar-refractivity contribution in [1.82, 2.24) is 0 Å². The molecule has 1 heterocycles. The Bertz CT molecular complexity index is 652. The number of carbonyl (C=O) groups excluding carboxylic acids is 1. The van der Waals surface area contributed by atoms with E-state index in [1.807, 2.05) is 0 Å². The van der Waals surface area contributed by atoms with E-state index < -0.39 is 21.5 Å². The number of carbonyl (C=O) groups is 1. The molecule has 1 aliphatic rings. The maximum absolute atomic E-state index is 12.2. The number of benzene rings is 1. The first-order chi connectivity index (χ1) is 9.42. The summed E-state index contributed by atoms with van der Waals surface area (Å²) in [6.07, 6.45) is 2.19. The molecule has 0 spiro atoms. The van der Waals surface area contributed by atoms with Gasteiger partial charge in [-0.15, -0.1) is 0 Å². The van der Waals surface area contributed by atoms with Crippen LogP contribution in [0.25, 0.3) is 0 Å². The lowest BCUT2D eigenvalue weighted by Crippen LogP contribution is -2.36. The average molecular weight is 296 g/mol. The molecule has 0 atom stereocenters. The Hall–Kier alpha value is -1.89. The molecular weight excluding hydrogens is 280 g/mol. The molecule has 1 aromatic carbocycles. The summed E-state index contributed by atoms with van der Waals surface area (Å²) < 4.78 is 22.6. The van der Waals surface area contributed by atoms with Crippen LogP contribution in [0.4, 0.5) is 5.69 Å². The quantitative estimate of drug-likeness (QED) is 0.652. The van der Waals surface area contributed by atoms with Crippen LogP contribution in [0.1, 0.15) is 18.4 Å². The Morgan fingerprint density at radius 1 is 1.40 bits per heavy atom. The molecule has 108 valence electrons.